The van der Waals surface area contributed by atoms with Crippen LogP contribution in [0.1, 0.15) is 16.8 Å². The van der Waals surface area contributed by atoms with E-state index in [0.29, 0.717) is 28.2 Å². The SMILES string of the molecule is Cc1nc2ncnn2c(N)c1Cc1ccc(Br)c(OC(F)F)c1. The van der Waals surface area contributed by atoms with Gasteiger partial charge in [-0.1, -0.05) is 6.07 Å². The van der Waals surface area contributed by atoms with Crippen LogP contribution in [0.25, 0.3) is 5.78 Å². The maximum absolute atomic E-state index is 12.4. The van der Waals surface area contributed by atoms with E-state index in [0.717, 1.165) is 11.1 Å². The average Bonchev–Trinajstić information content (AvgIpc) is 2.94. The number of aryl methyl sites for hydroxylation is 1. The standard InChI is InChI=1S/C14H12BrF2N5O/c1-7-9(12(18)22-14(21-7)19-6-20-22)4-8-2-3-10(15)11(5-8)23-13(16)17/h2-3,5-6,13H,4,18H2,1H3. The molecule has 3 aromatic rings. The van der Waals surface area contributed by atoms with E-state index in [1.54, 1.807) is 18.2 Å². The number of alkyl halides is 2. The quantitative estimate of drug-likeness (QED) is 0.749. The topological polar surface area (TPSA) is 78.3 Å². The Labute approximate surface area is 138 Å². The van der Waals surface area contributed by atoms with Crippen LogP contribution >= 0.6 is 15.9 Å². The number of anilines is 1. The molecule has 0 spiro atoms. The van der Waals surface area contributed by atoms with Crippen LogP contribution in [-0.2, 0) is 6.42 Å². The van der Waals surface area contributed by atoms with Gasteiger partial charge in [0, 0.05) is 17.7 Å². The van der Waals surface area contributed by atoms with E-state index in [-0.39, 0.29) is 5.75 Å². The molecule has 0 bridgehead atoms. The molecule has 0 aliphatic carbocycles. The largest absolute Gasteiger partial charge is 0.434 e. The molecule has 3 rings (SSSR count). The van der Waals surface area contributed by atoms with E-state index in [1.165, 1.54) is 10.8 Å². The highest BCUT2D eigenvalue weighted by Gasteiger charge is 2.14. The molecule has 6 nitrogen and oxygen atoms in total. The Hall–Kier alpha value is -2.29. The van der Waals surface area contributed by atoms with Crippen molar-refractivity contribution in [3.8, 4) is 5.75 Å². The number of nitrogens with two attached hydrogens (primary N) is 1. The summed E-state index contributed by atoms with van der Waals surface area (Å²) in [5.41, 5.74) is 8.35. The molecule has 0 atom stereocenters. The molecule has 23 heavy (non-hydrogen) atoms. The molecule has 0 saturated heterocycles. The zero-order chi connectivity index (χ0) is 16.6. The molecule has 0 aliphatic rings. The summed E-state index contributed by atoms with van der Waals surface area (Å²) in [4.78, 5) is 8.33. The number of halogens is 3. The Balaban J connectivity index is 1.99. The molecular weight excluding hydrogens is 372 g/mol. The fourth-order valence-corrected chi connectivity index (χ4v) is 2.62. The van der Waals surface area contributed by atoms with Gasteiger partial charge in [-0.2, -0.15) is 23.4 Å². The molecule has 2 aromatic heterocycles. The number of aromatic nitrogens is 4. The van der Waals surface area contributed by atoms with Gasteiger partial charge < -0.3 is 10.5 Å². The fourth-order valence-electron chi connectivity index (χ4n) is 2.28. The van der Waals surface area contributed by atoms with E-state index >= 15 is 0 Å². The Kier molecular flexibility index (Phi) is 4.12. The minimum atomic E-state index is -2.89. The molecule has 2 heterocycles. The summed E-state index contributed by atoms with van der Waals surface area (Å²) < 4.78 is 31.3. The summed E-state index contributed by atoms with van der Waals surface area (Å²) in [7, 11) is 0. The van der Waals surface area contributed by atoms with Crippen LogP contribution in [0.15, 0.2) is 29.0 Å². The monoisotopic (exact) mass is 383 g/mol. The van der Waals surface area contributed by atoms with Crippen molar-refractivity contribution in [3.05, 3.63) is 45.8 Å². The average molecular weight is 384 g/mol. The fraction of sp³-hybridized carbons (Fsp3) is 0.214. The van der Waals surface area contributed by atoms with Crippen LogP contribution in [-0.4, -0.2) is 26.2 Å². The minimum absolute atomic E-state index is 0.0727. The van der Waals surface area contributed by atoms with Crippen molar-refractivity contribution in [1.82, 2.24) is 19.6 Å². The van der Waals surface area contributed by atoms with Gasteiger partial charge in [0.05, 0.1) is 4.47 Å². The summed E-state index contributed by atoms with van der Waals surface area (Å²) in [5.74, 6) is 0.911. The third-order valence-corrected chi connectivity index (χ3v) is 4.02. The number of nitrogens with zero attached hydrogens (tertiary/aromatic N) is 4. The number of benzene rings is 1. The van der Waals surface area contributed by atoms with Crippen molar-refractivity contribution in [2.75, 3.05) is 5.73 Å². The van der Waals surface area contributed by atoms with Crippen LogP contribution in [0.5, 0.6) is 5.75 Å². The highest BCUT2D eigenvalue weighted by Crippen LogP contribution is 2.29. The molecular formula is C14H12BrF2N5O. The lowest BCUT2D eigenvalue weighted by molar-refractivity contribution is -0.0503. The molecule has 0 aliphatic heterocycles. The molecule has 0 fully saturated rings. The smallest absolute Gasteiger partial charge is 0.387 e. The molecule has 1 aromatic carbocycles. The second-order valence-electron chi connectivity index (χ2n) is 4.85. The van der Waals surface area contributed by atoms with Crippen LogP contribution in [0, 0.1) is 6.92 Å². The number of hydrogen-bond donors (Lipinski definition) is 1. The van der Waals surface area contributed by atoms with Gasteiger partial charge in [0.1, 0.15) is 17.9 Å². The van der Waals surface area contributed by atoms with Crippen LogP contribution < -0.4 is 10.5 Å². The molecule has 120 valence electrons. The lowest BCUT2D eigenvalue weighted by Gasteiger charge is -2.12. The first-order chi connectivity index (χ1) is 11.0. The van der Waals surface area contributed by atoms with Gasteiger partial charge in [0.15, 0.2) is 0 Å². The summed E-state index contributed by atoms with van der Waals surface area (Å²) in [6.45, 7) is -1.07. The van der Waals surface area contributed by atoms with E-state index in [2.05, 4.69) is 35.7 Å². The number of rotatable bonds is 4. The molecule has 0 amide bonds. The Morgan fingerprint density at radius 1 is 1.39 bits per heavy atom. The zero-order valence-electron chi connectivity index (χ0n) is 12.0. The first-order valence-corrected chi connectivity index (χ1v) is 7.43. The van der Waals surface area contributed by atoms with E-state index in [1.807, 2.05) is 6.92 Å². The second kappa shape index (κ2) is 6.07. The van der Waals surface area contributed by atoms with Gasteiger partial charge in [-0.25, -0.2) is 4.98 Å². The third-order valence-electron chi connectivity index (χ3n) is 3.36. The maximum atomic E-state index is 12.4. The predicted octanol–water partition coefficient (Wildman–Crippen LogP) is 2.97. The van der Waals surface area contributed by atoms with Gasteiger partial charge in [-0.15, -0.1) is 0 Å². The second-order valence-corrected chi connectivity index (χ2v) is 5.71. The van der Waals surface area contributed by atoms with Crippen molar-refractivity contribution >= 4 is 27.5 Å². The first-order valence-electron chi connectivity index (χ1n) is 6.63. The van der Waals surface area contributed by atoms with Crippen LogP contribution in [0.2, 0.25) is 0 Å². The lowest BCUT2D eigenvalue weighted by atomic mass is 10.0. The van der Waals surface area contributed by atoms with Crippen LogP contribution in [0.3, 0.4) is 0 Å². The number of hydrogen-bond acceptors (Lipinski definition) is 5. The molecule has 0 unspecified atom stereocenters. The third kappa shape index (κ3) is 3.09. The zero-order valence-corrected chi connectivity index (χ0v) is 13.6. The highest BCUT2D eigenvalue weighted by atomic mass is 79.9. The van der Waals surface area contributed by atoms with E-state index in [4.69, 9.17) is 5.73 Å². The summed E-state index contributed by atoms with van der Waals surface area (Å²) in [6.07, 6.45) is 1.78. The van der Waals surface area contributed by atoms with Crippen molar-refractivity contribution in [2.24, 2.45) is 0 Å². The first kappa shape index (κ1) is 15.6. The number of ether oxygens (including phenoxy) is 1. The highest BCUT2D eigenvalue weighted by molar-refractivity contribution is 9.10. The number of fused-ring (bicyclic) bond motifs is 1. The predicted molar refractivity (Wildman–Crippen MR) is 83.5 cm³/mol. The van der Waals surface area contributed by atoms with Gasteiger partial charge in [-0.3, -0.25) is 0 Å². The Bertz CT molecular complexity index is 868. The van der Waals surface area contributed by atoms with Crippen molar-refractivity contribution < 1.29 is 13.5 Å². The maximum Gasteiger partial charge on any atom is 0.387 e. The van der Waals surface area contributed by atoms with E-state index in [9.17, 15) is 8.78 Å². The Morgan fingerprint density at radius 2 is 2.17 bits per heavy atom. The van der Waals surface area contributed by atoms with Gasteiger partial charge in [-0.05, 0) is 40.5 Å². The van der Waals surface area contributed by atoms with Crippen molar-refractivity contribution in [3.63, 3.8) is 0 Å². The molecule has 0 radical (unpaired) electrons. The van der Waals surface area contributed by atoms with Gasteiger partial charge >= 0.3 is 6.61 Å². The minimum Gasteiger partial charge on any atom is -0.434 e. The summed E-state index contributed by atoms with van der Waals surface area (Å²) >= 11 is 3.18. The number of nitrogen functional groups attached to an aromatic ring is 1. The van der Waals surface area contributed by atoms with Gasteiger partial charge in [0.2, 0.25) is 0 Å². The van der Waals surface area contributed by atoms with Crippen molar-refractivity contribution in [1.29, 1.82) is 0 Å². The molecule has 0 saturated carbocycles. The normalized spacial score (nSPS) is 11.3. The summed E-state index contributed by atoms with van der Waals surface area (Å²) in [6, 6.07) is 4.99. The van der Waals surface area contributed by atoms with Crippen molar-refractivity contribution in [2.45, 2.75) is 20.0 Å². The molecule has 9 heteroatoms. The summed E-state index contributed by atoms with van der Waals surface area (Å²) in [5, 5.41) is 4.02. The molecule has 2 N–H and O–H groups in total. The Morgan fingerprint density at radius 3 is 2.91 bits per heavy atom. The van der Waals surface area contributed by atoms with Gasteiger partial charge in [0.25, 0.3) is 5.78 Å². The van der Waals surface area contributed by atoms with E-state index < -0.39 is 6.61 Å². The lowest BCUT2D eigenvalue weighted by Crippen LogP contribution is -2.09. The van der Waals surface area contributed by atoms with Crippen LogP contribution in [0.4, 0.5) is 14.6 Å².